The Hall–Kier alpha value is -1.35. The summed E-state index contributed by atoms with van der Waals surface area (Å²) in [7, 11) is -2.22. The number of sulfonamides is 1. The van der Waals surface area contributed by atoms with Crippen molar-refractivity contribution >= 4 is 27.5 Å². The van der Waals surface area contributed by atoms with Crippen LogP contribution in [0.2, 0.25) is 5.02 Å². The molecular formula is C16H25ClN2O5S. The lowest BCUT2D eigenvalue weighted by molar-refractivity contribution is -0.124. The van der Waals surface area contributed by atoms with Gasteiger partial charge in [-0.1, -0.05) is 25.4 Å². The zero-order valence-electron chi connectivity index (χ0n) is 14.9. The highest BCUT2D eigenvalue weighted by Gasteiger charge is 2.26. The van der Waals surface area contributed by atoms with E-state index >= 15 is 0 Å². The van der Waals surface area contributed by atoms with Gasteiger partial charge < -0.3 is 14.8 Å². The molecule has 0 saturated carbocycles. The third kappa shape index (κ3) is 6.14. The molecule has 1 N–H and O–H groups in total. The van der Waals surface area contributed by atoms with Crippen LogP contribution in [0.15, 0.2) is 23.1 Å². The number of hydrogen-bond donors (Lipinski definition) is 1. The molecule has 0 aliphatic rings. The molecule has 0 heterocycles. The van der Waals surface area contributed by atoms with E-state index in [4.69, 9.17) is 21.1 Å². The normalized spacial score (nSPS) is 12.9. The molecule has 1 aromatic rings. The number of benzene rings is 1. The summed E-state index contributed by atoms with van der Waals surface area (Å²) in [4.78, 5) is 11.8. The second-order valence-corrected chi connectivity index (χ2v) is 7.74. The van der Waals surface area contributed by atoms with E-state index in [2.05, 4.69) is 5.32 Å². The van der Waals surface area contributed by atoms with Crippen LogP contribution in [-0.4, -0.2) is 58.1 Å². The highest BCUT2D eigenvalue weighted by atomic mass is 35.5. The van der Waals surface area contributed by atoms with Gasteiger partial charge in [-0.3, -0.25) is 4.79 Å². The molecule has 1 aromatic carbocycles. The average Bonchev–Trinajstić information content (AvgIpc) is 2.54. The van der Waals surface area contributed by atoms with Crippen molar-refractivity contribution < 1.29 is 22.7 Å². The lowest BCUT2D eigenvalue weighted by Gasteiger charge is -2.21. The number of nitrogens with one attached hydrogen (secondary N) is 1. The number of carbonyl (C=O) groups is 1. The highest BCUT2D eigenvalue weighted by molar-refractivity contribution is 7.89. The maximum atomic E-state index is 12.7. The number of hydrogen-bond acceptors (Lipinski definition) is 5. The Morgan fingerprint density at radius 1 is 1.32 bits per heavy atom. The fourth-order valence-corrected chi connectivity index (χ4v) is 4.11. The van der Waals surface area contributed by atoms with Gasteiger partial charge in [0, 0.05) is 31.3 Å². The third-order valence-corrected chi connectivity index (χ3v) is 5.72. The van der Waals surface area contributed by atoms with Crippen LogP contribution in [0.3, 0.4) is 0 Å². The van der Waals surface area contributed by atoms with Crippen molar-refractivity contribution in [3.05, 3.63) is 23.2 Å². The molecule has 1 unspecified atom stereocenters. The van der Waals surface area contributed by atoms with Gasteiger partial charge in [-0.2, -0.15) is 4.31 Å². The first kappa shape index (κ1) is 21.7. The van der Waals surface area contributed by atoms with Crippen LogP contribution < -0.4 is 10.1 Å². The minimum absolute atomic E-state index is 0.0542. The van der Waals surface area contributed by atoms with Gasteiger partial charge in [-0.25, -0.2) is 8.42 Å². The lowest BCUT2D eigenvalue weighted by Crippen LogP contribution is -2.38. The lowest BCUT2D eigenvalue weighted by atomic mass is 10.3. The summed E-state index contributed by atoms with van der Waals surface area (Å²) in [5, 5.41) is 2.97. The summed E-state index contributed by atoms with van der Waals surface area (Å²) in [6.07, 6.45) is 0. The zero-order chi connectivity index (χ0) is 19.0. The number of carbonyl (C=O) groups excluding carboxylic acids is 1. The molecule has 0 spiro atoms. The average molecular weight is 393 g/mol. The molecule has 7 nitrogen and oxygen atoms in total. The van der Waals surface area contributed by atoms with Gasteiger partial charge in [0.15, 0.2) is 6.61 Å². The molecule has 25 heavy (non-hydrogen) atoms. The first-order chi connectivity index (χ1) is 11.8. The molecule has 0 aliphatic carbocycles. The predicted octanol–water partition coefficient (Wildman–Crippen LogP) is 1.90. The summed E-state index contributed by atoms with van der Waals surface area (Å²) in [6, 6.07) is 4.12. The van der Waals surface area contributed by atoms with Crippen molar-refractivity contribution in [2.45, 2.75) is 31.7 Å². The van der Waals surface area contributed by atoms with E-state index in [-0.39, 0.29) is 34.2 Å². The van der Waals surface area contributed by atoms with Crippen LogP contribution in [0, 0.1) is 0 Å². The van der Waals surface area contributed by atoms with E-state index in [1.54, 1.807) is 20.8 Å². The molecule has 0 aliphatic heterocycles. The topological polar surface area (TPSA) is 84.9 Å². The largest absolute Gasteiger partial charge is 0.482 e. The van der Waals surface area contributed by atoms with Crippen LogP contribution in [0.5, 0.6) is 5.75 Å². The van der Waals surface area contributed by atoms with Crippen molar-refractivity contribution in [2.24, 2.45) is 0 Å². The Labute approximate surface area is 154 Å². The van der Waals surface area contributed by atoms with Gasteiger partial charge in [0.2, 0.25) is 10.0 Å². The molecule has 9 heteroatoms. The third-order valence-electron chi connectivity index (χ3n) is 3.41. The molecular weight excluding hydrogens is 368 g/mol. The van der Waals surface area contributed by atoms with Crippen molar-refractivity contribution in [3.63, 3.8) is 0 Å². The number of amides is 1. The smallest absolute Gasteiger partial charge is 0.258 e. The Morgan fingerprint density at radius 2 is 1.96 bits per heavy atom. The molecule has 0 aromatic heterocycles. The molecule has 1 atom stereocenters. The van der Waals surface area contributed by atoms with Crippen molar-refractivity contribution in [3.8, 4) is 5.75 Å². The van der Waals surface area contributed by atoms with Crippen LogP contribution in [-0.2, 0) is 19.6 Å². The van der Waals surface area contributed by atoms with Crippen LogP contribution >= 0.6 is 11.6 Å². The minimum atomic E-state index is -3.76. The predicted molar refractivity (Wildman–Crippen MR) is 96.5 cm³/mol. The first-order valence-electron chi connectivity index (χ1n) is 7.97. The molecule has 142 valence electrons. The van der Waals surface area contributed by atoms with E-state index in [9.17, 15) is 13.2 Å². The quantitative estimate of drug-likeness (QED) is 0.657. The fourth-order valence-electron chi connectivity index (χ4n) is 2.26. The minimum Gasteiger partial charge on any atom is -0.482 e. The van der Waals surface area contributed by atoms with Crippen LogP contribution in [0.1, 0.15) is 20.8 Å². The standard InChI is InChI=1S/C16H25ClN2O5S/c1-5-19(6-2)25(21,22)15-9-13(17)7-8-14(15)24-11-16(20)18-12(3)10-23-4/h7-9,12H,5-6,10-11H2,1-4H3,(H,18,20). The number of rotatable bonds is 10. The van der Waals surface area contributed by atoms with Gasteiger partial charge in [0.1, 0.15) is 10.6 Å². The van der Waals surface area contributed by atoms with Crippen molar-refractivity contribution in [2.75, 3.05) is 33.4 Å². The number of nitrogens with zero attached hydrogens (tertiary/aromatic N) is 1. The van der Waals surface area contributed by atoms with E-state index in [0.29, 0.717) is 19.7 Å². The van der Waals surface area contributed by atoms with E-state index in [1.807, 2.05) is 0 Å². The van der Waals surface area contributed by atoms with Crippen molar-refractivity contribution in [1.82, 2.24) is 9.62 Å². The number of halogens is 1. The van der Waals surface area contributed by atoms with Gasteiger partial charge in [-0.05, 0) is 25.1 Å². The number of ether oxygens (including phenoxy) is 2. The van der Waals surface area contributed by atoms with Crippen molar-refractivity contribution in [1.29, 1.82) is 0 Å². The Morgan fingerprint density at radius 3 is 2.52 bits per heavy atom. The van der Waals surface area contributed by atoms with Gasteiger partial charge >= 0.3 is 0 Å². The molecule has 0 radical (unpaired) electrons. The van der Waals surface area contributed by atoms with E-state index < -0.39 is 10.0 Å². The van der Waals surface area contributed by atoms with Gasteiger partial charge in [0.05, 0.1) is 6.61 Å². The Bertz CT molecular complexity index is 677. The first-order valence-corrected chi connectivity index (χ1v) is 9.78. The second-order valence-electron chi connectivity index (χ2n) is 5.39. The summed E-state index contributed by atoms with van der Waals surface area (Å²) >= 11 is 5.95. The summed E-state index contributed by atoms with van der Waals surface area (Å²) in [6.45, 7) is 5.98. The summed E-state index contributed by atoms with van der Waals surface area (Å²) in [5.74, 6) is -0.281. The van der Waals surface area contributed by atoms with E-state index in [1.165, 1.54) is 29.6 Å². The fraction of sp³-hybridized carbons (Fsp3) is 0.562. The maximum Gasteiger partial charge on any atom is 0.258 e. The highest BCUT2D eigenvalue weighted by Crippen LogP contribution is 2.29. The monoisotopic (exact) mass is 392 g/mol. The second kappa shape index (κ2) is 9.96. The molecule has 1 amide bonds. The molecule has 0 bridgehead atoms. The molecule has 0 saturated heterocycles. The summed E-state index contributed by atoms with van der Waals surface area (Å²) < 4.78 is 37.2. The Kier molecular flexibility index (Phi) is 8.64. The van der Waals surface area contributed by atoms with E-state index in [0.717, 1.165) is 0 Å². The molecule has 1 rings (SSSR count). The van der Waals surface area contributed by atoms with Gasteiger partial charge in [-0.15, -0.1) is 0 Å². The zero-order valence-corrected chi connectivity index (χ0v) is 16.5. The summed E-state index contributed by atoms with van der Waals surface area (Å²) in [5.41, 5.74) is 0. The number of methoxy groups -OCH3 is 1. The SMILES string of the molecule is CCN(CC)S(=O)(=O)c1cc(Cl)ccc1OCC(=O)NC(C)COC. The van der Waals surface area contributed by atoms with Crippen LogP contribution in [0.25, 0.3) is 0 Å². The molecule has 0 fully saturated rings. The van der Waals surface area contributed by atoms with Crippen LogP contribution in [0.4, 0.5) is 0 Å². The maximum absolute atomic E-state index is 12.7. The van der Waals surface area contributed by atoms with Gasteiger partial charge in [0.25, 0.3) is 5.91 Å². The Balaban J connectivity index is 2.97.